The molecule has 2 aliphatic rings. The Labute approximate surface area is 278 Å². The van der Waals surface area contributed by atoms with Gasteiger partial charge in [-0.1, -0.05) is 96.9 Å². The van der Waals surface area contributed by atoms with Gasteiger partial charge >= 0.3 is 6.18 Å². The number of likely N-dealkylation sites (tertiary alicyclic amines) is 1. The third-order valence-electron chi connectivity index (χ3n) is 9.43. The molecule has 0 saturated carbocycles. The maximum absolute atomic E-state index is 13.7. The lowest BCUT2D eigenvalue weighted by Crippen LogP contribution is -2.47. The van der Waals surface area contributed by atoms with E-state index in [-0.39, 0.29) is 11.9 Å². The van der Waals surface area contributed by atoms with Crippen molar-refractivity contribution in [1.82, 2.24) is 15.5 Å². The summed E-state index contributed by atoms with van der Waals surface area (Å²) in [6.45, 7) is 1.10. The maximum Gasteiger partial charge on any atom is 0.405 e. The molecule has 1 fully saturated rings. The van der Waals surface area contributed by atoms with E-state index in [9.17, 15) is 22.8 Å². The molecule has 1 aliphatic heterocycles. The van der Waals surface area contributed by atoms with Crippen molar-refractivity contribution >= 4 is 23.4 Å². The summed E-state index contributed by atoms with van der Waals surface area (Å²) in [5.74, 6) is -0.707. The van der Waals surface area contributed by atoms with Crippen LogP contribution in [0.15, 0.2) is 97.1 Å². The summed E-state index contributed by atoms with van der Waals surface area (Å²) in [5.41, 5.74) is 4.54. The number of nitrogens with zero attached hydrogens (tertiary/aromatic N) is 1. The number of nitrogens with one attached hydrogen (secondary N) is 2. The Hall–Kier alpha value is -4.14. The Balaban J connectivity index is 1.06. The van der Waals surface area contributed by atoms with Gasteiger partial charge in [0.2, 0.25) is 5.91 Å². The highest BCUT2D eigenvalue weighted by Gasteiger charge is 2.49. The molecule has 1 saturated heterocycles. The minimum Gasteiger partial charge on any atom is -0.349 e. The highest BCUT2D eigenvalue weighted by atomic mass is 35.5. The van der Waals surface area contributed by atoms with E-state index in [1.165, 1.54) is 0 Å². The van der Waals surface area contributed by atoms with Gasteiger partial charge in [0.15, 0.2) is 0 Å². The molecule has 1 heterocycles. The maximum atomic E-state index is 13.7. The van der Waals surface area contributed by atoms with E-state index in [0.717, 1.165) is 72.3 Å². The van der Waals surface area contributed by atoms with Gasteiger partial charge in [-0.25, -0.2) is 0 Å². The number of amides is 2. The lowest BCUT2D eigenvalue weighted by Gasteiger charge is -2.33. The minimum absolute atomic E-state index is 0.0594. The normalized spacial score (nSPS) is 15.9. The van der Waals surface area contributed by atoms with Crippen LogP contribution in [-0.2, 0) is 10.2 Å². The number of alkyl halides is 3. The third kappa shape index (κ3) is 7.09. The topological polar surface area (TPSA) is 61.4 Å². The van der Waals surface area contributed by atoms with Gasteiger partial charge < -0.3 is 15.5 Å². The number of unbranched alkanes of at least 4 members (excludes halogenated alkanes) is 1. The van der Waals surface area contributed by atoms with Crippen molar-refractivity contribution < 1.29 is 22.8 Å². The highest BCUT2D eigenvalue weighted by molar-refractivity contribution is 6.30. The monoisotopic (exact) mass is 659 g/mol. The summed E-state index contributed by atoms with van der Waals surface area (Å²) in [6, 6.07) is 30.2. The van der Waals surface area contributed by atoms with Gasteiger partial charge in [-0.15, -0.1) is 0 Å². The molecule has 0 aromatic heterocycles. The Kier molecular flexibility index (Phi) is 9.71. The van der Waals surface area contributed by atoms with Gasteiger partial charge in [0.25, 0.3) is 5.91 Å². The van der Waals surface area contributed by atoms with Crippen LogP contribution in [0.25, 0.3) is 22.3 Å². The minimum atomic E-state index is -4.50. The number of carbonyl (C=O) groups is 2. The Morgan fingerprint density at radius 2 is 1.36 bits per heavy atom. The molecule has 5 nitrogen and oxygen atoms in total. The fourth-order valence-electron chi connectivity index (χ4n) is 7.14. The average Bonchev–Trinajstić information content (AvgIpc) is 3.37. The fraction of sp³-hybridized carbons (Fsp3) is 0.316. The zero-order valence-corrected chi connectivity index (χ0v) is 26.7. The number of halogens is 4. The van der Waals surface area contributed by atoms with Crippen molar-refractivity contribution in [2.24, 2.45) is 0 Å². The van der Waals surface area contributed by atoms with Crippen molar-refractivity contribution in [3.63, 3.8) is 0 Å². The molecule has 4 aromatic carbocycles. The van der Waals surface area contributed by atoms with Crippen molar-refractivity contribution in [2.45, 2.75) is 49.7 Å². The predicted octanol–water partition coefficient (Wildman–Crippen LogP) is 8.02. The fourth-order valence-corrected chi connectivity index (χ4v) is 7.26. The van der Waals surface area contributed by atoms with E-state index in [2.05, 4.69) is 15.5 Å². The first kappa shape index (κ1) is 32.8. The lowest BCUT2D eigenvalue weighted by molar-refractivity contribution is -0.141. The second-order valence-electron chi connectivity index (χ2n) is 12.4. The zero-order valence-electron chi connectivity index (χ0n) is 26.0. The first-order valence-corrected chi connectivity index (χ1v) is 16.5. The van der Waals surface area contributed by atoms with Crippen LogP contribution in [-0.4, -0.2) is 55.1 Å². The van der Waals surface area contributed by atoms with E-state index in [1.54, 1.807) is 0 Å². The molecule has 244 valence electrons. The van der Waals surface area contributed by atoms with Crippen LogP contribution >= 0.6 is 11.6 Å². The molecule has 0 spiro atoms. The van der Waals surface area contributed by atoms with Gasteiger partial charge in [-0.05, 0) is 83.8 Å². The van der Waals surface area contributed by atoms with Gasteiger partial charge in [0.1, 0.15) is 12.0 Å². The number of benzene rings is 4. The summed E-state index contributed by atoms with van der Waals surface area (Å²) in [7, 11) is 0. The number of carbonyl (C=O) groups excluding carboxylic acids is 2. The molecule has 47 heavy (non-hydrogen) atoms. The van der Waals surface area contributed by atoms with E-state index in [1.807, 2.05) is 97.1 Å². The number of fused-ring (bicyclic) bond motifs is 3. The largest absolute Gasteiger partial charge is 0.405 e. The second-order valence-corrected chi connectivity index (χ2v) is 12.8. The van der Waals surface area contributed by atoms with Crippen LogP contribution in [0.5, 0.6) is 0 Å². The molecule has 0 bridgehead atoms. The predicted molar refractivity (Wildman–Crippen MR) is 179 cm³/mol. The molecule has 0 atom stereocenters. The number of rotatable bonds is 10. The van der Waals surface area contributed by atoms with E-state index in [0.29, 0.717) is 23.4 Å². The molecule has 4 aromatic rings. The molecule has 0 radical (unpaired) electrons. The average molecular weight is 660 g/mol. The lowest BCUT2D eigenvalue weighted by atomic mass is 9.73. The molecule has 1 aliphatic carbocycles. The van der Waals surface area contributed by atoms with Crippen molar-refractivity contribution in [3.05, 3.63) is 119 Å². The SMILES string of the molecule is O=C(NC1CCN(CCCCC2(C(=O)NCC(F)(F)F)c3ccccc3-c3ccccc32)CC1)c1ccccc1-c1ccc(Cl)cc1. The van der Waals surface area contributed by atoms with Crippen molar-refractivity contribution in [3.8, 4) is 22.3 Å². The summed E-state index contributed by atoms with van der Waals surface area (Å²) in [5, 5.41) is 6.08. The summed E-state index contributed by atoms with van der Waals surface area (Å²) in [4.78, 5) is 29.4. The Morgan fingerprint density at radius 3 is 1.98 bits per heavy atom. The molecular formula is C38H37ClF3N3O2. The molecule has 9 heteroatoms. The number of hydrogen-bond acceptors (Lipinski definition) is 3. The standard InChI is InChI=1S/C38H37ClF3N3O2/c39-27-17-15-26(16-18-27)29-9-1-2-12-32(29)35(46)44-28-19-23-45(24-20-28)22-8-7-21-37(36(47)43-25-38(40,41)42)33-13-5-3-10-30(33)31-11-4-6-14-34(31)37/h1-6,9-18,28H,7-8,19-25H2,(H,43,47)(H,44,46). The highest BCUT2D eigenvalue weighted by Crippen LogP contribution is 2.51. The van der Waals surface area contributed by atoms with E-state index >= 15 is 0 Å². The van der Waals surface area contributed by atoms with E-state index in [4.69, 9.17) is 11.6 Å². The van der Waals surface area contributed by atoms with Crippen LogP contribution in [0.2, 0.25) is 5.02 Å². The first-order chi connectivity index (χ1) is 22.7. The summed E-state index contributed by atoms with van der Waals surface area (Å²) >= 11 is 6.06. The van der Waals surface area contributed by atoms with E-state index < -0.39 is 24.0 Å². The van der Waals surface area contributed by atoms with Crippen LogP contribution in [0.1, 0.15) is 53.6 Å². The number of hydrogen-bond donors (Lipinski definition) is 2. The van der Waals surface area contributed by atoms with Gasteiger partial charge in [-0.3, -0.25) is 9.59 Å². The molecule has 6 rings (SSSR count). The van der Waals surface area contributed by atoms with Crippen LogP contribution in [0.4, 0.5) is 13.2 Å². The molecule has 2 amide bonds. The Morgan fingerprint density at radius 1 is 0.787 bits per heavy atom. The quantitative estimate of drug-likeness (QED) is 0.170. The van der Waals surface area contributed by atoms with Crippen LogP contribution in [0, 0.1) is 0 Å². The molecule has 2 N–H and O–H groups in total. The van der Waals surface area contributed by atoms with Crippen molar-refractivity contribution in [1.29, 1.82) is 0 Å². The molecular weight excluding hydrogens is 623 g/mol. The summed E-state index contributed by atoms with van der Waals surface area (Å²) < 4.78 is 39.5. The zero-order chi connectivity index (χ0) is 33.0. The Bertz CT molecular complexity index is 1690. The van der Waals surface area contributed by atoms with Crippen LogP contribution < -0.4 is 10.6 Å². The number of piperidine rings is 1. The third-order valence-corrected chi connectivity index (χ3v) is 9.68. The van der Waals surface area contributed by atoms with Crippen LogP contribution in [0.3, 0.4) is 0 Å². The molecule has 0 unspecified atom stereocenters. The van der Waals surface area contributed by atoms with Gasteiger partial charge in [0.05, 0.1) is 0 Å². The van der Waals surface area contributed by atoms with Gasteiger partial charge in [0, 0.05) is 29.7 Å². The van der Waals surface area contributed by atoms with Crippen molar-refractivity contribution in [2.75, 3.05) is 26.2 Å². The summed E-state index contributed by atoms with van der Waals surface area (Å²) in [6.07, 6.45) is -0.992. The second kappa shape index (κ2) is 13.9. The first-order valence-electron chi connectivity index (χ1n) is 16.1. The van der Waals surface area contributed by atoms with Gasteiger partial charge in [-0.2, -0.15) is 13.2 Å². The smallest absolute Gasteiger partial charge is 0.349 e.